The Bertz CT molecular complexity index is 1210. The Morgan fingerprint density at radius 1 is 1.30 bits per heavy atom. The molecule has 0 spiro atoms. The lowest BCUT2D eigenvalue weighted by molar-refractivity contribution is -0.662. The van der Waals surface area contributed by atoms with Gasteiger partial charge in [0.05, 0.1) is 23.8 Å². The second-order valence-corrected chi connectivity index (χ2v) is 7.02. The highest BCUT2D eigenvalue weighted by molar-refractivity contribution is 7.86. The average molecular weight is 436 g/mol. The molecule has 1 amide bonds. The fourth-order valence-electron chi connectivity index (χ4n) is 2.45. The topological polar surface area (TPSA) is 193 Å². The molecule has 15 heteroatoms. The minimum absolute atomic E-state index is 0.175. The first-order chi connectivity index (χ1) is 14.2. The van der Waals surface area contributed by atoms with Crippen molar-refractivity contribution < 1.29 is 32.1 Å². The summed E-state index contributed by atoms with van der Waals surface area (Å²) in [4.78, 5) is 21.7. The van der Waals surface area contributed by atoms with Gasteiger partial charge in [-0.15, -0.1) is 4.68 Å². The van der Waals surface area contributed by atoms with Crippen molar-refractivity contribution in [3.8, 4) is 11.4 Å². The number of benzene rings is 2. The van der Waals surface area contributed by atoms with E-state index >= 15 is 0 Å². The molecule has 0 bridgehead atoms. The van der Waals surface area contributed by atoms with Crippen LogP contribution in [0.1, 0.15) is 10.6 Å². The molecular formula is C15H14N7O7S+. The highest BCUT2D eigenvalue weighted by atomic mass is 32.2. The van der Waals surface area contributed by atoms with Gasteiger partial charge < -0.3 is 4.74 Å². The summed E-state index contributed by atoms with van der Waals surface area (Å²) >= 11 is 0. The van der Waals surface area contributed by atoms with Crippen LogP contribution in [-0.2, 0) is 10.1 Å². The predicted octanol–water partition coefficient (Wildman–Crippen LogP) is 0.00180. The van der Waals surface area contributed by atoms with Gasteiger partial charge in [0, 0.05) is 6.07 Å². The summed E-state index contributed by atoms with van der Waals surface area (Å²) in [5.41, 5.74) is 4.51. The number of hydrogen-bond acceptors (Lipinski definition) is 9. The van der Waals surface area contributed by atoms with Crippen LogP contribution in [0.3, 0.4) is 0 Å². The Kier molecular flexibility index (Phi) is 5.56. The number of rotatable bonds is 7. The summed E-state index contributed by atoms with van der Waals surface area (Å²) in [6.07, 6.45) is 0. The molecule has 4 N–H and O–H groups in total. The van der Waals surface area contributed by atoms with Crippen molar-refractivity contribution in [2.45, 2.75) is 4.90 Å². The fraction of sp³-hybridized carbons (Fsp3) is 0.0667. The maximum absolute atomic E-state index is 12.5. The average Bonchev–Trinajstić information content (AvgIpc) is 3.20. The van der Waals surface area contributed by atoms with E-state index in [1.807, 2.05) is 0 Å². The number of tetrazole rings is 1. The van der Waals surface area contributed by atoms with Gasteiger partial charge in [-0.2, -0.15) is 8.42 Å². The zero-order valence-corrected chi connectivity index (χ0v) is 16.0. The van der Waals surface area contributed by atoms with Crippen molar-refractivity contribution in [1.29, 1.82) is 0 Å². The van der Waals surface area contributed by atoms with Crippen molar-refractivity contribution in [2.24, 2.45) is 0 Å². The number of para-hydroxylation sites is 1. The van der Waals surface area contributed by atoms with Gasteiger partial charge >= 0.3 is 21.8 Å². The monoisotopic (exact) mass is 436 g/mol. The zero-order chi connectivity index (χ0) is 21.9. The van der Waals surface area contributed by atoms with Gasteiger partial charge in [0.25, 0.3) is 5.69 Å². The molecule has 0 radical (unpaired) electrons. The molecule has 2 aromatic carbocycles. The third kappa shape index (κ3) is 4.15. The number of hydrazine groups is 1. The standard InChI is InChI=1S/C15H13N7O7S/c1-29-12-7-11(22(24)25)13(30(26,27)28)8-10(12)21-14(17-19-20-21)15(23)18-16-9-5-3-2-4-6-9/h2-8H,1H3,(H3,16,17,18,19,20,23,26,27,28)/p+1. The highest BCUT2D eigenvalue weighted by Gasteiger charge is 2.33. The smallest absolute Gasteiger partial charge is 0.396 e. The maximum atomic E-state index is 12.5. The number of anilines is 1. The van der Waals surface area contributed by atoms with Crippen LogP contribution in [0, 0.1) is 10.1 Å². The van der Waals surface area contributed by atoms with Crippen molar-refractivity contribution in [2.75, 3.05) is 12.5 Å². The van der Waals surface area contributed by atoms with Crippen LogP contribution in [-0.4, -0.2) is 46.4 Å². The van der Waals surface area contributed by atoms with Crippen LogP contribution in [0.25, 0.3) is 5.69 Å². The van der Waals surface area contributed by atoms with Crippen LogP contribution in [0.15, 0.2) is 47.4 Å². The second kappa shape index (κ2) is 8.10. The van der Waals surface area contributed by atoms with E-state index in [2.05, 4.69) is 26.4 Å². The Labute approximate surface area is 168 Å². The summed E-state index contributed by atoms with van der Waals surface area (Å²) < 4.78 is 38.6. The zero-order valence-electron chi connectivity index (χ0n) is 15.1. The van der Waals surface area contributed by atoms with E-state index in [0.29, 0.717) is 5.69 Å². The SMILES string of the molecule is COc1cc([N+](=O)[O-])c(S(=O)(=O)O)cc1-[n+]1[nH]nnc1C(=O)NNc1ccccc1. The minimum Gasteiger partial charge on any atom is -0.493 e. The molecule has 0 atom stereocenters. The number of amides is 1. The molecule has 1 aromatic heterocycles. The van der Waals surface area contributed by atoms with Gasteiger partial charge in [0.15, 0.2) is 21.5 Å². The first kappa shape index (κ1) is 20.6. The molecule has 0 fully saturated rings. The molecule has 0 aliphatic rings. The Hall–Kier alpha value is -4.11. The van der Waals surface area contributed by atoms with Gasteiger partial charge in [-0.3, -0.25) is 30.3 Å². The van der Waals surface area contributed by atoms with Gasteiger partial charge in [-0.25, -0.2) is 0 Å². The molecule has 3 rings (SSSR count). The molecule has 0 saturated carbocycles. The van der Waals surface area contributed by atoms with E-state index in [-0.39, 0.29) is 17.3 Å². The molecule has 0 saturated heterocycles. The van der Waals surface area contributed by atoms with E-state index < -0.39 is 31.5 Å². The quantitative estimate of drug-likeness (QED) is 0.169. The lowest BCUT2D eigenvalue weighted by Crippen LogP contribution is -2.44. The summed E-state index contributed by atoms with van der Waals surface area (Å²) in [7, 11) is -3.80. The number of carbonyl (C=O) groups is 1. The maximum Gasteiger partial charge on any atom is 0.396 e. The van der Waals surface area contributed by atoms with E-state index in [0.717, 1.165) is 16.8 Å². The summed E-state index contributed by atoms with van der Waals surface area (Å²) in [6.45, 7) is 0. The minimum atomic E-state index is -4.97. The van der Waals surface area contributed by atoms with Gasteiger partial charge in [0.2, 0.25) is 0 Å². The Morgan fingerprint density at radius 3 is 2.60 bits per heavy atom. The number of nitro groups is 1. The third-order valence-electron chi connectivity index (χ3n) is 3.77. The number of aromatic nitrogens is 4. The van der Waals surface area contributed by atoms with Crippen molar-refractivity contribution in [3.63, 3.8) is 0 Å². The molecule has 156 valence electrons. The van der Waals surface area contributed by atoms with Gasteiger partial charge in [-0.1, -0.05) is 23.4 Å². The Balaban J connectivity index is 2.04. The Morgan fingerprint density at radius 2 is 2.00 bits per heavy atom. The van der Waals surface area contributed by atoms with E-state index in [1.165, 1.54) is 7.11 Å². The largest absolute Gasteiger partial charge is 0.493 e. The molecule has 30 heavy (non-hydrogen) atoms. The lowest BCUT2D eigenvalue weighted by atomic mass is 10.2. The van der Waals surface area contributed by atoms with Crippen molar-refractivity contribution in [1.82, 2.24) is 21.0 Å². The number of methoxy groups -OCH3 is 1. The summed E-state index contributed by atoms with van der Waals surface area (Å²) in [5.74, 6) is -1.30. The molecule has 1 heterocycles. The molecule has 14 nitrogen and oxygen atoms in total. The van der Waals surface area contributed by atoms with Crippen molar-refractivity contribution in [3.05, 3.63) is 58.4 Å². The highest BCUT2D eigenvalue weighted by Crippen LogP contribution is 2.32. The third-order valence-corrected chi connectivity index (χ3v) is 4.66. The van der Waals surface area contributed by atoms with E-state index in [1.54, 1.807) is 30.3 Å². The first-order valence-corrected chi connectivity index (χ1v) is 9.45. The number of nitrogens with one attached hydrogen (secondary N) is 3. The second-order valence-electron chi connectivity index (χ2n) is 5.63. The van der Waals surface area contributed by atoms with E-state index in [9.17, 15) is 27.9 Å². The normalized spacial score (nSPS) is 11.0. The van der Waals surface area contributed by atoms with Crippen LogP contribution in [0.4, 0.5) is 11.4 Å². The van der Waals surface area contributed by atoms with Crippen molar-refractivity contribution >= 4 is 27.4 Å². The molecule has 3 aromatic rings. The van der Waals surface area contributed by atoms with Crippen LogP contribution in [0.5, 0.6) is 5.75 Å². The molecule has 0 aliphatic heterocycles. The number of H-pyrrole nitrogens is 1. The van der Waals surface area contributed by atoms with Crippen LogP contribution >= 0.6 is 0 Å². The van der Waals surface area contributed by atoms with Crippen LogP contribution < -0.4 is 20.3 Å². The van der Waals surface area contributed by atoms with Gasteiger partial charge in [0.1, 0.15) is 5.10 Å². The number of ether oxygens (including phenoxy) is 1. The van der Waals surface area contributed by atoms with Gasteiger partial charge in [-0.05, 0) is 12.1 Å². The number of aromatic amines is 1. The first-order valence-electron chi connectivity index (χ1n) is 8.01. The number of nitro benzene ring substituents is 1. The summed E-state index contributed by atoms with van der Waals surface area (Å²) in [6, 6.07) is 10.2. The van der Waals surface area contributed by atoms with Crippen LogP contribution in [0.2, 0.25) is 0 Å². The molecule has 0 aliphatic carbocycles. The molecule has 0 unspecified atom stereocenters. The summed E-state index contributed by atoms with van der Waals surface area (Å²) in [5, 5.41) is 20.7. The lowest BCUT2D eigenvalue weighted by Gasteiger charge is -2.09. The fourth-order valence-corrected chi connectivity index (χ4v) is 3.11. The van der Waals surface area contributed by atoms with E-state index in [4.69, 9.17) is 4.74 Å². The molecular weight excluding hydrogens is 422 g/mol. The number of hydrogen-bond donors (Lipinski definition) is 4. The predicted molar refractivity (Wildman–Crippen MR) is 98.5 cm³/mol. The number of carbonyl (C=O) groups excluding carboxylic acids is 1. The number of nitrogens with zero attached hydrogens (tertiary/aromatic N) is 4.